The van der Waals surface area contributed by atoms with E-state index in [0.717, 1.165) is 6.07 Å². The lowest BCUT2D eigenvalue weighted by molar-refractivity contribution is -0.136. The Kier molecular flexibility index (Phi) is 6.43. The average Bonchev–Trinajstić information content (AvgIpc) is 3.21. The van der Waals surface area contributed by atoms with Crippen LogP contribution in [0.5, 0.6) is 11.8 Å². The smallest absolute Gasteiger partial charge is 0.418 e. The summed E-state index contributed by atoms with van der Waals surface area (Å²) in [5.74, 6) is 0.254. The van der Waals surface area contributed by atoms with Crippen LogP contribution >= 0.6 is 0 Å². The van der Waals surface area contributed by atoms with Gasteiger partial charge in [-0.2, -0.15) is 18.3 Å². The molecule has 14 heteroatoms. The number of fused-ring (bicyclic) bond motifs is 1. The maximum atomic E-state index is 13.8. The van der Waals surface area contributed by atoms with Gasteiger partial charge in [0.2, 0.25) is 11.8 Å². The number of urea groups is 1. The largest absolute Gasteiger partial charge is 0.481 e. The van der Waals surface area contributed by atoms with Gasteiger partial charge < -0.3 is 14.8 Å². The van der Waals surface area contributed by atoms with Gasteiger partial charge in [0, 0.05) is 23.2 Å². The number of rotatable bonds is 4. The molecule has 3 aromatic rings. The molecule has 3 N–H and O–H groups in total. The summed E-state index contributed by atoms with van der Waals surface area (Å²) < 4.78 is 70.3. The number of methoxy groups -OCH3 is 1. The number of aromatic nitrogens is 3. The second kappa shape index (κ2) is 9.09. The van der Waals surface area contributed by atoms with Crippen molar-refractivity contribution < 1.29 is 31.6 Å². The molecule has 4 rings (SSSR count). The molecule has 1 aromatic carbocycles. The number of amides is 2. The van der Waals surface area contributed by atoms with Crippen LogP contribution in [0.3, 0.4) is 0 Å². The number of anilines is 1. The fraction of sp³-hybridized carbons (Fsp3) is 0.318. The summed E-state index contributed by atoms with van der Waals surface area (Å²) in [5, 5.41) is 12.1. The van der Waals surface area contributed by atoms with E-state index in [9.17, 15) is 22.2 Å². The lowest BCUT2D eigenvalue weighted by Crippen LogP contribution is -2.33. The SMILES string of the molecule is COc1cc(-c2cccc(C(F)(F)F)c2NC(=O)N=[S@@](N)(=O)c2cnn3c2OCC(C)(C)C3)ccn1. The highest BCUT2D eigenvalue weighted by Crippen LogP contribution is 2.41. The zero-order valence-electron chi connectivity index (χ0n) is 19.5. The minimum Gasteiger partial charge on any atom is -0.481 e. The topological polar surface area (TPSA) is 134 Å². The number of pyridine rings is 1. The van der Waals surface area contributed by atoms with Gasteiger partial charge in [-0.05, 0) is 17.7 Å². The summed E-state index contributed by atoms with van der Waals surface area (Å²) >= 11 is 0. The van der Waals surface area contributed by atoms with Gasteiger partial charge >= 0.3 is 12.2 Å². The first kappa shape index (κ1) is 25.4. The van der Waals surface area contributed by atoms with E-state index in [4.69, 9.17) is 14.6 Å². The van der Waals surface area contributed by atoms with Gasteiger partial charge in [-0.1, -0.05) is 26.0 Å². The number of hydrogen-bond acceptors (Lipinski definition) is 6. The van der Waals surface area contributed by atoms with Gasteiger partial charge in [-0.3, -0.25) is 0 Å². The molecular formula is C22H23F3N6O4S. The molecule has 2 amide bonds. The zero-order valence-corrected chi connectivity index (χ0v) is 20.3. The lowest BCUT2D eigenvalue weighted by Gasteiger charge is -2.30. The summed E-state index contributed by atoms with van der Waals surface area (Å²) in [7, 11) is -2.55. The molecular weight excluding hydrogens is 501 g/mol. The van der Waals surface area contributed by atoms with E-state index < -0.39 is 33.4 Å². The maximum Gasteiger partial charge on any atom is 0.418 e. The van der Waals surface area contributed by atoms with Crippen LogP contribution in [0.25, 0.3) is 11.1 Å². The van der Waals surface area contributed by atoms with Crippen molar-refractivity contribution in [2.75, 3.05) is 19.0 Å². The van der Waals surface area contributed by atoms with Crippen LogP contribution in [0.15, 0.2) is 52.0 Å². The first-order valence-corrected chi connectivity index (χ1v) is 12.1. The molecule has 1 atom stereocenters. The predicted octanol–water partition coefficient (Wildman–Crippen LogP) is 4.32. The van der Waals surface area contributed by atoms with E-state index in [0.29, 0.717) is 12.1 Å². The Labute approximate surface area is 204 Å². The normalized spacial score (nSPS) is 16.3. The Morgan fingerprint density at radius 1 is 1.33 bits per heavy atom. The van der Waals surface area contributed by atoms with Crippen molar-refractivity contribution in [2.24, 2.45) is 14.9 Å². The molecule has 0 saturated heterocycles. The van der Waals surface area contributed by atoms with Crippen molar-refractivity contribution in [3.63, 3.8) is 0 Å². The second-order valence-electron chi connectivity index (χ2n) is 8.83. The van der Waals surface area contributed by atoms with E-state index in [2.05, 4.69) is 19.8 Å². The Morgan fingerprint density at radius 3 is 2.78 bits per heavy atom. The van der Waals surface area contributed by atoms with Crippen LogP contribution in [-0.2, 0) is 22.6 Å². The molecule has 0 aliphatic carbocycles. The van der Waals surface area contributed by atoms with E-state index in [1.165, 1.54) is 48.5 Å². The molecule has 0 bridgehead atoms. The molecule has 1 aliphatic heterocycles. The van der Waals surface area contributed by atoms with Crippen LogP contribution in [0.4, 0.5) is 23.7 Å². The third-order valence-electron chi connectivity index (χ3n) is 5.33. The Balaban J connectivity index is 1.74. The lowest BCUT2D eigenvalue weighted by atomic mass is 9.94. The third kappa shape index (κ3) is 5.14. The zero-order chi connectivity index (χ0) is 26.3. The van der Waals surface area contributed by atoms with Crippen LogP contribution in [0.2, 0.25) is 0 Å². The monoisotopic (exact) mass is 524 g/mol. The van der Waals surface area contributed by atoms with Gasteiger partial charge in [-0.15, -0.1) is 4.36 Å². The van der Waals surface area contributed by atoms with E-state index >= 15 is 0 Å². The van der Waals surface area contributed by atoms with E-state index in [1.54, 1.807) is 0 Å². The highest BCUT2D eigenvalue weighted by molar-refractivity contribution is 7.91. The predicted molar refractivity (Wildman–Crippen MR) is 125 cm³/mol. The number of nitrogens with two attached hydrogens (primary N) is 1. The summed E-state index contributed by atoms with van der Waals surface area (Å²) in [6.07, 6.45) is -2.29. The van der Waals surface area contributed by atoms with Crippen molar-refractivity contribution in [2.45, 2.75) is 31.5 Å². The summed E-state index contributed by atoms with van der Waals surface area (Å²) in [4.78, 5) is 16.6. The van der Waals surface area contributed by atoms with E-state index in [1.807, 2.05) is 13.8 Å². The number of halogens is 3. The fourth-order valence-electron chi connectivity index (χ4n) is 3.69. The Hall–Kier alpha value is -3.65. The van der Waals surface area contributed by atoms with Crippen LogP contribution in [0, 0.1) is 5.41 Å². The van der Waals surface area contributed by atoms with Crippen molar-refractivity contribution in [1.82, 2.24) is 14.8 Å². The highest BCUT2D eigenvalue weighted by atomic mass is 32.2. The first-order valence-electron chi connectivity index (χ1n) is 10.6. The molecule has 1 aliphatic rings. The first-order chi connectivity index (χ1) is 16.8. The molecule has 10 nitrogen and oxygen atoms in total. The number of nitrogens with one attached hydrogen (secondary N) is 1. The average molecular weight is 525 g/mol. The number of carbonyl (C=O) groups is 1. The molecule has 0 radical (unpaired) electrons. The number of hydrogen-bond donors (Lipinski definition) is 2. The van der Waals surface area contributed by atoms with Crippen molar-refractivity contribution in [1.29, 1.82) is 0 Å². The molecule has 3 heterocycles. The summed E-state index contributed by atoms with van der Waals surface area (Å²) in [6.45, 7) is 4.62. The maximum absolute atomic E-state index is 13.8. The van der Waals surface area contributed by atoms with Crippen molar-refractivity contribution in [3.05, 3.63) is 48.3 Å². The number of nitrogens with zero attached hydrogens (tertiary/aromatic N) is 4. The number of alkyl halides is 3. The molecule has 2 aromatic heterocycles. The number of carbonyl (C=O) groups excluding carboxylic acids is 1. The van der Waals surface area contributed by atoms with Gasteiger partial charge in [0.05, 0.1) is 37.7 Å². The molecule has 0 fully saturated rings. The van der Waals surface area contributed by atoms with Gasteiger partial charge in [0.25, 0.3) is 0 Å². The molecule has 0 spiro atoms. The number of ether oxygens (including phenoxy) is 2. The van der Waals surface area contributed by atoms with Crippen molar-refractivity contribution >= 4 is 21.6 Å². The highest BCUT2D eigenvalue weighted by Gasteiger charge is 2.36. The van der Waals surface area contributed by atoms with Gasteiger partial charge in [-0.25, -0.2) is 23.8 Å². The Morgan fingerprint density at radius 2 is 2.08 bits per heavy atom. The Bertz CT molecular complexity index is 1440. The molecule has 36 heavy (non-hydrogen) atoms. The molecule has 0 saturated carbocycles. The second-order valence-corrected chi connectivity index (χ2v) is 10.6. The number of benzene rings is 1. The van der Waals surface area contributed by atoms with Crippen LogP contribution in [-0.4, -0.2) is 38.7 Å². The molecule has 0 unspecified atom stereocenters. The summed E-state index contributed by atoms with van der Waals surface area (Å²) in [5.41, 5.74) is -1.65. The molecule has 192 valence electrons. The third-order valence-corrected chi connectivity index (χ3v) is 6.67. The minimum atomic E-state index is -4.81. The quantitative estimate of drug-likeness (QED) is 0.522. The number of para-hydroxylation sites is 1. The standard InChI is InChI=1S/C22H23F3N6O4S/c1-21(2)11-31-19(35-12-21)16(10-28-31)36(26,33)30-20(32)29-18-14(5-4-6-15(18)22(23,24)25)13-7-8-27-17(9-13)34-3/h4-10H,11-12H2,1-3H3,(H3,26,29,30,32,33)/t36-/m1/s1. The van der Waals surface area contributed by atoms with E-state index in [-0.39, 0.29) is 34.2 Å². The summed E-state index contributed by atoms with van der Waals surface area (Å²) in [6, 6.07) is 4.91. The van der Waals surface area contributed by atoms with Crippen molar-refractivity contribution in [3.8, 4) is 22.9 Å². The van der Waals surface area contributed by atoms with Crippen LogP contribution < -0.4 is 19.9 Å². The van der Waals surface area contributed by atoms with Gasteiger partial charge in [0.1, 0.15) is 4.90 Å². The fourth-order valence-corrected chi connectivity index (χ4v) is 4.69. The van der Waals surface area contributed by atoms with Crippen LogP contribution in [0.1, 0.15) is 19.4 Å². The minimum absolute atomic E-state index is 0.0195. The van der Waals surface area contributed by atoms with Gasteiger partial charge in [0.15, 0.2) is 9.92 Å².